The summed E-state index contributed by atoms with van der Waals surface area (Å²) in [7, 11) is 2.08. The second-order valence-corrected chi connectivity index (χ2v) is 5.69. The van der Waals surface area contributed by atoms with Gasteiger partial charge in [-0.15, -0.1) is 0 Å². The van der Waals surface area contributed by atoms with Gasteiger partial charge in [-0.25, -0.2) is 0 Å². The topological polar surface area (TPSA) is 36.7 Å². The van der Waals surface area contributed by atoms with Crippen LogP contribution in [0.5, 0.6) is 0 Å². The lowest BCUT2D eigenvalue weighted by atomic mass is 10.1. The van der Waals surface area contributed by atoms with Gasteiger partial charge in [-0.1, -0.05) is 6.92 Å². The zero-order valence-electron chi connectivity index (χ0n) is 12.7. The molecule has 0 spiro atoms. The van der Waals surface area contributed by atoms with Crippen molar-refractivity contribution < 1.29 is 9.21 Å². The lowest BCUT2D eigenvalue weighted by molar-refractivity contribution is -0.133. The van der Waals surface area contributed by atoms with Crippen LogP contribution in [0.25, 0.3) is 0 Å². The molecule has 1 saturated heterocycles. The first-order valence-corrected chi connectivity index (χ1v) is 7.73. The van der Waals surface area contributed by atoms with Crippen LogP contribution < -0.4 is 0 Å². The molecule has 0 unspecified atom stereocenters. The molecule has 0 saturated carbocycles. The largest absolute Gasteiger partial charge is 0.465 e. The van der Waals surface area contributed by atoms with Crippen LogP contribution in [0.15, 0.2) is 16.5 Å². The fourth-order valence-electron chi connectivity index (χ4n) is 2.62. The number of rotatable bonds is 7. The van der Waals surface area contributed by atoms with Crippen LogP contribution in [0.1, 0.15) is 44.1 Å². The Morgan fingerprint density at radius 3 is 2.85 bits per heavy atom. The Morgan fingerprint density at radius 2 is 2.10 bits per heavy atom. The number of hydrogen-bond acceptors (Lipinski definition) is 3. The summed E-state index contributed by atoms with van der Waals surface area (Å²) < 4.78 is 5.79. The number of piperidine rings is 1. The summed E-state index contributed by atoms with van der Waals surface area (Å²) in [5.41, 5.74) is 0. The van der Waals surface area contributed by atoms with Crippen LogP contribution in [-0.2, 0) is 17.8 Å². The molecule has 1 amide bonds. The van der Waals surface area contributed by atoms with Crippen LogP contribution in [0.3, 0.4) is 0 Å². The van der Waals surface area contributed by atoms with Crippen LogP contribution >= 0.6 is 0 Å². The smallest absolute Gasteiger partial charge is 0.222 e. The van der Waals surface area contributed by atoms with Gasteiger partial charge in [0.2, 0.25) is 5.91 Å². The molecular weight excluding hydrogens is 252 g/mol. The maximum absolute atomic E-state index is 11.7. The standard InChI is InChI=1S/C16H26N2O2/c1-3-6-14-8-9-15(20-14)13-17(2)11-12-18-10-5-4-7-16(18)19/h8-9H,3-7,10-13H2,1-2H3. The minimum atomic E-state index is 0.313. The van der Waals surface area contributed by atoms with Gasteiger partial charge in [0, 0.05) is 32.5 Å². The van der Waals surface area contributed by atoms with Crippen molar-refractivity contribution >= 4 is 5.91 Å². The molecule has 1 aromatic rings. The molecule has 1 aliphatic rings. The second-order valence-electron chi connectivity index (χ2n) is 5.69. The molecule has 1 aliphatic heterocycles. The third kappa shape index (κ3) is 4.37. The van der Waals surface area contributed by atoms with Crippen LogP contribution in [0.2, 0.25) is 0 Å². The number of likely N-dealkylation sites (N-methyl/N-ethyl adjacent to an activating group) is 1. The Labute approximate surface area is 121 Å². The first-order valence-electron chi connectivity index (χ1n) is 7.73. The van der Waals surface area contributed by atoms with Gasteiger partial charge in [-0.05, 0) is 38.4 Å². The SMILES string of the molecule is CCCc1ccc(CN(C)CCN2CCCCC2=O)o1. The van der Waals surface area contributed by atoms with Crippen molar-refractivity contribution in [2.24, 2.45) is 0 Å². The number of amides is 1. The molecule has 2 rings (SSSR count). The highest BCUT2D eigenvalue weighted by atomic mass is 16.3. The minimum Gasteiger partial charge on any atom is -0.465 e. The average molecular weight is 278 g/mol. The van der Waals surface area contributed by atoms with Crippen LogP contribution in [-0.4, -0.2) is 42.4 Å². The van der Waals surface area contributed by atoms with Crippen LogP contribution in [0.4, 0.5) is 0 Å². The van der Waals surface area contributed by atoms with Gasteiger partial charge in [0.05, 0.1) is 6.54 Å². The number of hydrogen-bond donors (Lipinski definition) is 0. The average Bonchev–Trinajstić information content (AvgIpc) is 2.85. The lowest BCUT2D eigenvalue weighted by Crippen LogP contribution is -2.40. The molecule has 0 atom stereocenters. The molecule has 112 valence electrons. The van der Waals surface area contributed by atoms with E-state index >= 15 is 0 Å². The number of furan rings is 1. The first-order chi connectivity index (χ1) is 9.69. The highest BCUT2D eigenvalue weighted by molar-refractivity contribution is 5.76. The number of nitrogens with zero attached hydrogens (tertiary/aromatic N) is 2. The molecular formula is C16H26N2O2. The second kappa shape index (κ2) is 7.48. The van der Waals surface area contributed by atoms with E-state index < -0.39 is 0 Å². The van der Waals surface area contributed by atoms with E-state index in [1.807, 2.05) is 4.90 Å². The molecule has 4 nitrogen and oxygen atoms in total. The van der Waals surface area contributed by atoms with Gasteiger partial charge in [0.25, 0.3) is 0 Å². The van der Waals surface area contributed by atoms with Gasteiger partial charge < -0.3 is 9.32 Å². The summed E-state index contributed by atoms with van der Waals surface area (Å²) in [5.74, 6) is 2.40. The van der Waals surface area contributed by atoms with E-state index in [1.165, 1.54) is 0 Å². The Kier molecular flexibility index (Phi) is 5.65. The molecule has 0 radical (unpaired) electrons. The van der Waals surface area contributed by atoms with Crippen molar-refractivity contribution in [3.63, 3.8) is 0 Å². The molecule has 2 heterocycles. The Hall–Kier alpha value is -1.29. The van der Waals surface area contributed by atoms with Crippen molar-refractivity contribution in [1.29, 1.82) is 0 Å². The van der Waals surface area contributed by atoms with Crippen LogP contribution in [0, 0.1) is 0 Å². The van der Waals surface area contributed by atoms with Gasteiger partial charge in [0.15, 0.2) is 0 Å². The Morgan fingerprint density at radius 1 is 1.30 bits per heavy atom. The van der Waals surface area contributed by atoms with Crippen molar-refractivity contribution in [2.75, 3.05) is 26.7 Å². The lowest BCUT2D eigenvalue weighted by Gasteiger charge is -2.28. The quantitative estimate of drug-likeness (QED) is 0.769. The molecule has 1 aromatic heterocycles. The summed E-state index contributed by atoms with van der Waals surface area (Å²) in [6.07, 6.45) is 5.04. The fourth-order valence-corrected chi connectivity index (χ4v) is 2.62. The third-order valence-electron chi connectivity index (χ3n) is 3.81. The Bertz CT molecular complexity index is 428. The highest BCUT2D eigenvalue weighted by Gasteiger charge is 2.18. The zero-order chi connectivity index (χ0) is 14.4. The maximum Gasteiger partial charge on any atom is 0.222 e. The van der Waals surface area contributed by atoms with E-state index in [1.54, 1.807) is 0 Å². The predicted octanol–water partition coefficient (Wildman–Crippen LogP) is 2.68. The number of likely N-dealkylation sites (tertiary alicyclic amines) is 1. The minimum absolute atomic E-state index is 0.313. The van der Waals surface area contributed by atoms with Crippen molar-refractivity contribution in [1.82, 2.24) is 9.80 Å². The molecule has 4 heteroatoms. The summed E-state index contributed by atoms with van der Waals surface area (Å²) in [5, 5.41) is 0. The molecule has 20 heavy (non-hydrogen) atoms. The molecule has 0 N–H and O–H groups in total. The highest BCUT2D eigenvalue weighted by Crippen LogP contribution is 2.13. The molecule has 0 bridgehead atoms. The molecule has 0 aliphatic carbocycles. The number of carbonyl (C=O) groups excluding carboxylic acids is 1. The normalized spacial score (nSPS) is 16.1. The summed E-state index contributed by atoms with van der Waals surface area (Å²) in [6, 6.07) is 4.13. The number of aryl methyl sites for hydroxylation is 1. The van der Waals surface area contributed by atoms with Gasteiger partial charge >= 0.3 is 0 Å². The third-order valence-corrected chi connectivity index (χ3v) is 3.81. The van der Waals surface area contributed by atoms with E-state index in [2.05, 4.69) is 31.0 Å². The van der Waals surface area contributed by atoms with E-state index in [0.29, 0.717) is 5.91 Å². The first kappa shape index (κ1) is 15.1. The van der Waals surface area contributed by atoms with Gasteiger partial charge in [-0.2, -0.15) is 0 Å². The van der Waals surface area contributed by atoms with Crippen molar-refractivity contribution in [2.45, 2.75) is 45.6 Å². The monoisotopic (exact) mass is 278 g/mol. The zero-order valence-corrected chi connectivity index (χ0v) is 12.7. The molecule has 1 fully saturated rings. The van der Waals surface area contributed by atoms with E-state index in [9.17, 15) is 4.79 Å². The summed E-state index contributed by atoms with van der Waals surface area (Å²) >= 11 is 0. The van der Waals surface area contributed by atoms with Gasteiger partial charge in [0.1, 0.15) is 11.5 Å². The van der Waals surface area contributed by atoms with E-state index in [0.717, 1.165) is 69.8 Å². The van der Waals surface area contributed by atoms with Crippen molar-refractivity contribution in [3.8, 4) is 0 Å². The fraction of sp³-hybridized carbons (Fsp3) is 0.688. The van der Waals surface area contributed by atoms with Crippen molar-refractivity contribution in [3.05, 3.63) is 23.7 Å². The maximum atomic E-state index is 11.7. The predicted molar refractivity (Wildman–Crippen MR) is 79.5 cm³/mol. The van der Waals surface area contributed by atoms with Gasteiger partial charge in [-0.3, -0.25) is 9.69 Å². The molecule has 0 aromatic carbocycles. The Balaban J connectivity index is 1.73. The van der Waals surface area contributed by atoms with E-state index in [4.69, 9.17) is 4.42 Å². The summed E-state index contributed by atoms with van der Waals surface area (Å²) in [4.78, 5) is 15.9. The van der Waals surface area contributed by atoms with E-state index in [-0.39, 0.29) is 0 Å². The number of carbonyl (C=O) groups is 1. The summed E-state index contributed by atoms with van der Waals surface area (Å²) in [6.45, 7) is 5.62.